The van der Waals surface area contributed by atoms with Crippen LogP contribution in [-0.4, -0.2) is 26.4 Å². The Labute approximate surface area is 167 Å². The lowest BCUT2D eigenvalue weighted by Gasteiger charge is -2.09. The van der Waals surface area contributed by atoms with Crippen molar-refractivity contribution in [1.82, 2.24) is 19.7 Å². The van der Waals surface area contributed by atoms with Gasteiger partial charge in [-0.15, -0.1) is 0 Å². The Morgan fingerprint density at radius 2 is 1.90 bits per heavy atom. The number of hydrogen-bond acceptors (Lipinski definition) is 5. The van der Waals surface area contributed by atoms with Crippen LogP contribution in [0.3, 0.4) is 0 Å². The van der Waals surface area contributed by atoms with Crippen LogP contribution in [-0.2, 0) is 6.54 Å². The minimum Gasteiger partial charge on any atom is -0.461 e. The van der Waals surface area contributed by atoms with Crippen LogP contribution in [0.5, 0.6) is 6.01 Å². The normalized spacial score (nSPS) is 13.5. The SMILES string of the molecule is O=c1c2cc(-c3ccccc3)ccc2cnn1CCOc1nccc(C2CC2)n1. The van der Waals surface area contributed by atoms with Crippen molar-refractivity contribution in [3.05, 3.63) is 83.0 Å². The molecule has 0 unspecified atom stereocenters. The maximum Gasteiger partial charge on any atom is 0.316 e. The molecule has 0 saturated heterocycles. The number of nitrogens with zero attached hydrogens (tertiary/aromatic N) is 4. The lowest BCUT2D eigenvalue weighted by atomic mass is 10.0. The topological polar surface area (TPSA) is 69.9 Å². The van der Waals surface area contributed by atoms with Crippen LogP contribution < -0.4 is 10.3 Å². The molecule has 6 heteroatoms. The van der Waals surface area contributed by atoms with Crippen LogP contribution in [0.1, 0.15) is 24.5 Å². The van der Waals surface area contributed by atoms with Gasteiger partial charge < -0.3 is 4.74 Å². The van der Waals surface area contributed by atoms with Crippen molar-refractivity contribution in [2.24, 2.45) is 0 Å². The molecule has 2 aromatic carbocycles. The van der Waals surface area contributed by atoms with E-state index in [9.17, 15) is 4.79 Å². The van der Waals surface area contributed by atoms with Crippen LogP contribution in [0.4, 0.5) is 0 Å². The fraction of sp³-hybridized carbons (Fsp3) is 0.217. The Morgan fingerprint density at radius 3 is 2.72 bits per heavy atom. The van der Waals surface area contributed by atoms with Gasteiger partial charge in [-0.25, -0.2) is 9.67 Å². The van der Waals surface area contributed by atoms with Crippen molar-refractivity contribution in [3.63, 3.8) is 0 Å². The molecule has 29 heavy (non-hydrogen) atoms. The van der Waals surface area contributed by atoms with E-state index in [1.165, 1.54) is 17.5 Å². The molecule has 1 aliphatic rings. The van der Waals surface area contributed by atoms with E-state index < -0.39 is 0 Å². The summed E-state index contributed by atoms with van der Waals surface area (Å²) in [5.41, 5.74) is 2.99. The predicted molar refractivity (Wildman–Crippen MR) is 111 cm³/mol. The van der Waals surface area contributed by atoms with E-state index in [1.807, 2.05) is 54.6 Å². The summed E-state index contributed by atoms with van der Waals surface area (Å²) in [5.74, 6) is 0.545. The maximum atomic E-state index is 12.9. The largest absolute Gasteiger partial charge is 0.461 e. The van der Waals surface area contributed by atoms with Crippen molar-refractivity contribution in [2.45, 2.75) is 25.3 Å². The van der Waals surface area contributed by atoms with Gasteiger partial charge in [0.1, 0.15) is 6.61 Å². The van der Waals surface area contributed by atoms with E-state index >= 15 is 0 Å². The molecule has 1 saturated carbocycles. The first kappa shape index (κ1) is 17.6. The van der Waals surface area contributed by atoms with Gasteiger partial charge in [-0.2, -0.15) is 10.1 Å². The molecule has 2 heterocycles. The molecule has 1 fully saturated rings. The van der Waals surface area contributed by atoms with Gasteiger partial charge in [0.25, 0.3) is 5.56 Å². The van der Waals surface area contributed by atoms with E-state index in [0.717, 1.165) is 22.2 Å². The minimum absolute atomic E-state index is 0.128. The van der Waals surface area contributed by atoms with Crippen LogP contribution >= 0.6 is 0 Å². The summed E-state index contributed by atoms with van der Waals surface area (Å²) in [6, 6.07) is 18.2. The van der Waals surface area contributed by atoms with E-state index in [2.05, 4.69) is 15.1 Å². The third kappa shape index (κ3) is 3.74. The Bertz CT molecular complexity index is 1220. The van der Waals surface area contributed by atoms with Crippen molar-refractivity contribution in [1.29, 1.82) is 0 Å². The first-order valence-corrected chi connectivity index (χ1v) is 9.79. The summed E-state index contributed by atoms with van der Waals surface area (Å²) in [4.78, 5) is 21.5. The zero-order chi connectivity index (χ0) is 19.6. The summed E-state index contributed by atoms with van der Waals surface area (Å²) < 4.78 is 7.10. The van der Waals surface area contributed by atoms with E-state index in [1.54, 1.807) is 12.4 Å². The number of fused-ring (bicyclic) bond motifs is 1. The average molecular weight is 384 g/mol. The molecular formula is C23H20N4O2. The highest BCUT2D eigenvalue weighted by Gasteiger charge is 2.25. The predicted octanol–water partition coefficient (Wildman–Crippen LogP) is 3.81. The molecule has 5 rings (SSSR count). The van der Waals surface area contributed by atoms with Crippen LogP contribution in [0.15, 0.2) is 71.8 Å². The molecular weight excluding hydrogens is 364 g/mol. The second kappa shape index (κ2) is 7.47. The number of ether oxygens (including phenoxy) is 1. The molecule has 0 radical (unpaired) electrons. The zero-order valence-corrected chi connectivity index (χ0v) is 15.9. The zero-order valence-electron chi connectivity index (χ0n) is 15.9. The van der Waals surface area contributed by atoms with Crippen LogP contribution in [0, 0.1) is 0 Å². The Kier molecular flexibility index (Phi) is 4.52. The monoisotopic (exact) mass is 384 g/mol. The first-order valence-electron chi connectivity index (χ1n) is 9.79. The summed E-state index contributed by atoms with van der Waals surface area (Å²) in [6.07, 6.45) is 5.80. The van der Waals surface area contributed by atoms with E-state index in [-0.39, 0.29) is 12.2 Å². The van der Waals surface area contributed by atoms with Gasteiger partial charge in [0.2, 0.25) is 0 Å². The van der Waals surface area contributed by atoms with Crippen molar-refractivity contribution < 1.29 is 4.74 Å². The number of benzene rings is 2. The number of rotatable bonds is 6. The molecule has 1 aliphatic carbocycles. The van der Waals surface area contributed by atoms with Crippen molar-refractivity contribution in [2.75, 3.05) is 6.61 Å². The molecule has 0 spiro atoms. The molecule has 0 amide bonds. The quantitative estimate of drug-likeness (QED) is 0.506. The van der Waals surface area contributed by atoms with Gasteiger partial charge in [0.15, 0.2) is 0 Å². The maximum absolute atomic E-state index is 12.9. The number of aromatic nitrogens is 4. The third-order valence-electron chi connectivity index (χ3n) is 5.15. The molecule has 4 aromatic rings. The third-order valence-corrected chi connectivity index (χ3v) is 5.15. The molecule has 0 N–H and O–H groups in total. The van der Waals surface area contributed by atoms with Crippen molar-refractivity contribution in [3.8, 4) is 17.1 Å². The van der Waals surface area contributed by atoms with Gasteiger partial charge in [0.05, 0.1) is 23.8 Å². The Morgan fingerprint density at radius 1 is 1.03 bits per heavy atom. The molecule has 6 nitrogen and oxygen atoms in total. The van der Waals surface area contributed by atoms with Gasteiger partial charge in [-0.3, -0.25) is 4.79 Å². The summed E-state index contributed by atoms with van der Waals surface area (Å²) in [7, 11) is 0. The Balaban J connectivity index is 1.35. The first-order chi connectivity index (χ1) is 14.3. The van der Waals surface area contributed by atoms with Crippen molar-refractivity contribution >= 4 is 10.8 Å². The molecule has 0 aliphatic heterocycles. The highest BCUT2D eigenvalue weighted by Crippen LogP contribution is 2.39. The highest BCUT2D eigenvalue weighted by atomic mass is 16.5. The smallest absolute Gasteiger partial charge is 0.316 e. The van der Waals surface area contributed by atoms with Gasteiger partial charge >= 0.3 is 6.01 Å². The highest BCUT2D eigenvalue weighted by molar-refractivity contribution is 5.85. The van der Waals surface area contributed by atoms with Gasteiger partial charge in [0, 0.05) is 17.5 Å². The second-order valence-corrected chi connectivity index (χ2v) is 7.23. The second-order valence-electron chi connectivity index (χ2n) is 7.23. The summed E-state index contributed by atoms with van der Waals surface area (Å²) in [5, 5.41) is 5.75. The van der Waals surface area contributed by atoms with Crippen LogP contribution in [0.25, 0.3) is 21.9 Å². The fourth-order valence-electron chi connectivity index (χ4n) is 3.40. The molecule has 0 bridgehead atoms. The van der Waals surface area contributed by atoms with E-state index in [4.69, 9.17) is 4.74 Å². The fourth-order valence-corrected chi connectivity index (χ4v) is 3.40. The average Bonchev–Trinajstić information content (AvgIpc) is 3.62. The standard InChI is InChI=1S/C23H20N4O2/c28-22-20-14-18(16-4-2-1-3-5-16)8-9-19(20)15-25-27(22)12-13-29-23-24-11-10-21(26-23)17-6-7-17/h1-5,8-11,14-15,17H,6-7,12-13H2. The number of hydrogen-bond donors (Lipinski definition) is 0. The summed E-state index contributed by atoms with van der Waals surface area (Å²) in [6.45, 7) is 0.617. The molecule has 0 atom stereocenters. The minimum atomic E-state index is -0.128. The Hall–Kier alpha value is -3.54. The van der Waals surface area contributed by atoms with Gasteiger partial charge in [-0.05, 0) is 36.1 Å². The van der Waals surface area contributed by atoms with Crippen LogP contribution in [0.2, 0.25) is 0 Å². The summed E-state index contributed by atoms with van der Waals surface area (Å²) >= 11 is 0. The lowest BCUT2D eigenvalue weighted by Crippen LogP contribution is -2.25. The molecule has 144 valence electrons. The van der Waals surface area contributed by atoms with E-state index in [0.29, 0.717) is 23.9 Å². The van der Waals surface area contributed by atoms with Gasteiger partial charge in [-0.1, -0.05) is 42.5 Å². The molecule has 2 aromatic heterocycles. The lowest BCUT2D eigenvalue weighted by molar-refractivity contribution is 0.266.